The number of rotatable bonds is 2. The van der Waals surface area contributed by atoms with Crippen molar-refractivity contribution < 1.29 is 0 Å². The molecule has 1 saturated heterocycles. The summed E-state index contributed by atoms with van der Waals surface area (Å²) in [5, 5.41) is 0. The van der Waals surface area contributed by atoms with E-state index in [1.165, 1.54) is 5.57 Å². The highest BCUT2D eigenvalue weighted by atomic mass is 15.4. The number of hydrogen-bond acceptors (Lipinski definition) is 1. The van der Waals surface area contributed by atoms with Crippen molar-refractivity contribution in [3.05, 3.63) is 11.3 Å². The first-order valence-corrected chi connectivity index (χ1v) is 5.25. The van der Waals surface area contributed by atoms with Crippen LogP contribution in [0.5, 0.6) is 0 Å². The lowest BCUT2D eigenvalue weighted by molar-refractivity contribution is 0.286. The second-order valence-corrected chi connectivity index (χ2v) is 5.09. The third kappa shape index (κ3) is 1.38. The van der Waals surface area contributed by atoms with Gasteiger partial charge >= 0.3 is 0 Å². The summed E-state index contributed by atoms with van der Waals surface area (Å²) in [6, 6.07) is 0. The molecule has 0 saturated carbocycles. The van der Waals surface area contributed by atoms with Crippen molar-refractivity contribution in [2.45, 2.75) is 47.1 Å². The van der Waals surface area contributed by atoms with Crippen LogP contribution in [0.4, 0.5) is 0 Å². The van der Waals surface area contributed by atoms with Crippen LogP contribution in [0.3, 0.4) is 0 Å². The fourth-order valence-corrected chi connectivity index (χ4v) is 2.50. The molecule has 0 aliphatic carbocycles. The van der Waals surface area contributed by atoms with Crippen LogP contribution in [-0.4, -0.2) is 17.5 Å². The van der Waals surface area contributed by atoms with Gasteiger partial charge in [-0.25, -0.2) is 0 Å². The van der Waals surface area contributed by atoms with Gasteiger partial charge < -0.3 is 4.90 Å². The second-order valence-electron chi connectivity index (χ2n) is 5.09. The quantitative estimate of drug-likeness (QED) is 0.591. The van der Waals surface area contributed by atoms with E-state index in [2.05, 4.69) is 53.5 Å². The first-order valence-electron chi connectivity index (χ1n) is 5.25. The van der Waals surface area contributed by atoms with Crippen LogP contribution in [-0.2, 0) is 0 Å². The Hall–Kier alpha value is -0.460. The van der Waals surface area contributed by atoms with E-state index < -0.39 is 0 Å². The second kappa shape index (κ2) is 3.04. The normalized spacial score (nSPS) is 29.5. The van der Waals surface area contributed by atoms with Crippen molar-refractivity contribution in [1.82, 2.24) is 4.90 Å². The Bertz CT molecular complexity index is 236. The molecule has 76 valence electrons. The first kappa shape index (κ1) is 10.6. The van der Waals surface area contributed by atoms with Gasteiger partial charge in [-0.15, -0.1) is 0 Å². The van der Waals surface area contributed by atoms with Crippen molar-refractivity contribution in [2.75, 3.05) is 7.05 Å². The maximum absolute atomic E-state index is 2.42. The lowest BCUT2D eigenvalue weighted by atomic mass is 9.84. The summed E-state index contributed by atoms with van der Waals surface area (Å²) < 4.78 is 0. The highest BCUT2D eigenvalue weighted by molar-refractivity contribution is 5.39. The van der Waals surface area contributed by atoms with Crippen LogP contribution in [0.1, 0.15) is 41.5 Å². The molecule has 0 aromatic carbocycles. The lowest BCUT2D eigenvalue weighted by Gasteiger charge is -2.22. The zero-order valence-electron chi connectivity index (χ0n) is 10.1. The highest BCUT2D eigenvalue weighted by Crippen LogP contribution is 2.52. The molecule has 0 amide bonds. The third-order valence-corrected chi connectivity index (χ3v) is 3.82. The van der Waals surface area contributed by atoms with E-state index in [1.54, 1.807) is 5.70 Å². The molecular formula is C12H23N. The predicted octanol–water partition coefficient (Wildman–Crippen LogP) is 3.28. The van der Waals surface area contributed by atoms with Crippen LogP contribution in [0, 0.1) is 11.8 Å². The van der Waals surface area contributed by atoms with Gasteiger partial charge in [-0.3, -0.25) is 0 Å². The average molecular weight is 181 g/mol. The zero-order chi connectivity index (χ0) is 10.4. The van der Waals surface area contributed by atoms with E-state index in [1.807, 2.05) is 0 Å². The molecule has 1 nitrogen and oxygen atoms in total. The largest absolute Gasteiger partial charge is 0.365 e. The summed E-state index contributed by atoms with van der Waals surface area (Å²) in [5.74, 6) is 1.49. The number of allylic oxidation sites excluding steroid dienone is 1. The zero-order valence-corrected chi connectivity index (χ0v) is 10.1. The molecule has 0 spiro atoms. The van der Waals surface area contributed by atoms with E-state index in [0.29, 0.717) is 5.54 Å². The van der Waals surface area contributed by atoms with Crippen molar-refractivity contribution in [3.63, 3.8) is 0 Å². The summed E-state index contributed by atoms with van der Waals surface area (Å²) in [4.78, 5) is 2.42. The van der Waals surface area contributed by atoms with Crippen LogP contribution >= 0.6 is 0 Å². The molecule has 13 heavy (non-hydrogen) atoms. The fraction of sp³-hybridized carbons (Fsp3) is 0.833. The first-order chi connectivity index (χ1) is 5.83. The Labute approximate surface area is 82.8 Å². The van der Waals surface area contributed by atoms with Gasteiger partial charge in [0.05, 0.1) is 5.54 Å². The van der Waals surface area contributed by atoms with Gasteiger partial charge in [-0.1, -0.05) is 26.3 Å². The van der Waals surface area contributed by atoms with Crippen molar-refractivity contribution >= 4 is 0 Å². The number of nitrogens with zero attached hydrogens (tertiary/aromatic N) is 1. The van der Waals surface area contributed by atoms with Gasteiger partial charge in [-0.05, 0) is 32.6 Å². The van der Waals surface area contributed by atoms with E-state index in [9.17, 15) is 0 Å². The minimum absolute atomic E-state index is 0.340. The van der Waals surface area contributed by atoms with Gasteiger partial charge in [0.1, 0.15) is 0 Å². The van der Waals surface area contributed by atoms with Crippen molar-refractivity contribution in [3.8, 4) is 0 Å². The Morgan fingerprint density at radius 1 is 1.23 bits per heavy atom. The van der Waals surface area contributed by atoms with Crippen LogP contribution in [0.25, 0.3) is 0 Å². The van der Waals surface area contributed by atoms with E-state index in [-0.39, 0.29) is 0 Å². The molecule has 1 aliphatic rings. The molecule has 1 heteroatoms. The summed E-state index contributed by atoms with van der Waals surface area (Å²) >= 11 is 0. The van der Waals surface area contributed by atoms with E-state index in [4.69, 9.17) is 0 Å². The summed E-state index contributed by atoms with van der Waals surface area (Å²) in [5.41, 5.74) is 3.36. The molecule has 0 radical (unpaired) electrons. The molecule has 1 heterocycles. The van der Waals surface area contributed by atoms with Crippen LogP contribution < -0.4 is 0 Å². The van der Waals surface area contributed by atoms with Crippen molar-refractivity contribution in [2.24, 2.45) is 11.8 Å². The smallest absolute Gasteiger partial charge is 0.0794 e. The lowest BCUT2D eigenvalue weighted by Crippen LogP contribution is -2.26. The Morgan fingerprint density at radius 2 is 1.69 bits per heavy atom. The molecule has 1 aliphatic heterocycles. The molecule has 0 bridgehead atoms. The van der Waals surface area contributed by atoms with E-state index in [0.717, 1.165) is 11.8 Å². The van der Waals surface area contributed by atoms with E-state index >= 15 is 0 Å². The van der Waals surface area contributed by atoms with Crippen molar-refractivity contribution in [1.29, 1.82) is 0 Å². The average Bonchev–Trinajstić information content (AvgIpc) is 2.54. The minimum atomic E-state index is 0.340. The summed E-state index contributed by atoms with van der Waals surface area (Å²) in [6.45, 7) is 13.8. The predicted molar refractivity (Wildman–Crippen MR) is 58.5 cm³/mol. The standard InChI is InChI=1S/C12H23N/c1-8(2)10(5)12(6)11(9(3)4)13(12)7/h8,10H,1-7H3. The number of hydrogen-bond donors (Lipinski definition) is 0. The Balaban J connectivity index is 2.89. The SMILES string of the molecule is CC(C)=C1N(C)C1(C)C(C)C(C)C. The molecule has 2 atom stereocenters. The van der Waals surface area contributed by atoms with Gasteiger partial charge in [0.2, 0.25) is 0 Å². The molecule has 2 unspecified atom stereocenters. The molecule has 0 aromatic heterocycles. The third-order valence-electron chi connectivity index (χ3n) is 3.82. The Morgan fingerprint density at radius 3 is 1.92 bits per heavy atom. The van der Waals surface area contributed by atoms with Gasteiger partial charge in [-0.2, -0.15) is 0 Å². The number of likely N-dealkylation sites (N-methyl/N-ethyl adjacent to an activating group) is 1. The molecular weight excluding hydrogens is 158 g/mol. The monoisotopic (exact) mass is 181 g/mol. The van der Waals surface area contributed by atoms with Crippen LogP contribution in [0.2, 0.25) is 0 Å². The fourth-order valence-electron chi connectivity index (χ4n) is 2.50. The van der Waals surface area contributed by atoms with Gasteiger partial charge in [0.25, 0.3) is 0 Å². The topological polar surface area (TPSA) is 3.01 Å². The Kier molecular flexibility index (Phi) is 2.48. The molecule has 0 aromatic rings. The summed E-state index contributed by atoms with van der Waals surface area (Å²) in [7, 11) is 2.21. The van der Waals surface area contributed by atoms with Crippen LogP contribution in [0.15, 0.2) is 11.3 Å². The molecule has 1 rings (SSSR count). The molecule has 1 fully saturated rings. The molecule has 0 N–H and O–H groups in total. The maximum atomic E-state index is 2.42. The van der Waals surface area contributed by atoms with Gasteiger partial charge in [0, 0.05) is 12.7 Å². The maximum Gasteiger partial charge on any atom is 0.0794 e. The van der Waals surface area contributed by atoms with Gasteiger partial charge in [0.15, 0.2) is 0 Å². The highest BCUT2D eigenvalue weighted by Gasteiger charge is 2.55. The minimum Gasteiger partial charge on any atom is -0.365 e. The summed E-state index contributed by atoms with van der Waals surface area (Å²) in [6.07, 6.45) is 0.